The number of nitro groups is 1. The van der Waals surface area contributed by atoms with Crippen molar-refractivity contribution < 1.29 is 9.66 Å². The van der Waals surface area contributed by atoms with Gasteiger partial charge in [0.1, 0.15) is 18.0 Å². The number of ether oxygens (including phenoxy) is 1. The Bertz CT molecular complexity index is 654. The van der Waals surface area contributed by atoms with Gasteiger partial charge in [-0.05, 0) is 29.2 Å². The molecule has 2 rings (SSSR count). The fourth-order valence-corrected chi connectivity index (χ4v) is 2.09. The van der Waals surface area contributed by atoms with Crippen LogP contribution in [0.4, 0.5) is 11.4 Å². The van der Waals surface area contributed by atoms with E-state index < -0.39 is 4.92 Å². The van der Waals surface area contributed by atoms with Gasteiger partial charge in [-0.1, -0.05) is 38.1 Å². The van der Waals surface area contributed by atoms with Crippen molar-refractivity contribution in [3.05, 3.63) is 63.7 Å². The van der Waals surface area contributed by atoms with E-state index >= 15 is 0 Å². The number of nitro benzene ring substituents is 1. The predicted molar refractivity (Wildman–Crippen MR) is 82.4 cm³/mol. The van der Waals surface area contributed by atoms with Crippen LogP contribution >= 0.6 is 0 Å². The number of nitrogens with two attached hydrogens (primary N) is 1. The third-order valence-electron chi connectivity index (χ3n) is 3.23. The van der Waals surface area contributed by atoms with Gasteiger partial charge in [-0.15, -0.1) is 0 Å². The molecule has 0 spiro atoms. The molecule has 5 nitrogen and oxygen atoms in total. The van der Waals surface area contributed by atoms with Crippen LogP contribution in [0.25, 0.3) is 0 Å². The van der Waals surface area contributed by atoms with Crippen molar-refractivity contribution in [3.63, 3.8) is 0 Å². The van der Waals surface area contributed by atoms with Crippen LogP contribution in [0.5, 0.6) is 5.75 Å². The second-order valence-electron chi connectivity index (χ2n) is 5.13. The number of benzene rings is 2. The van der Waals surface area contributed by atoms with E-state index in [2.05, 4.69) is 13.8 Å². The molecule has 0 aliphatic carbocycles. The molecule has 2 N–H and O–H groups in total. The molecule has 2 aromatic rings. The molecule has 0 fully saturated rings. The van der Waals surface area contributed by atoms with Gasteiger partial charge in [-0.2, -0.15) is 0 Å². The van der Waals surface area contributed by atoms with Crippen LogP contribution in [0.1, 0.15) is 30.9 Å². The highest BCUT2D eigenvalue weighted by molar-refractivity contribution is 5.59. The molecule has 0 unspecified atom stereocenters. The fraction of sp³-hybridized carbons (Fsp3) is 0.250. The summed E-state index contributed by atoms with van der Waals surface area (Å²) in [5.74, 6) is 1.15. The zero-order valence-corrected chi connectivity index (χ0v) is 12.1. The lowest BCUT2D eigenvalue weighted by molar-refractivity contribution is -0.384. The number of hydrogen-bond donors (Lipinski definition) is 1. The summed E-state index contributed by atoms with van der Waals surface area (Å²) in [5, 5.41) is 10.9. The summed E-state index contributed by atoms with van der Waals surface area (Å²) in [7, 11) is 0. The summed E-state index contributed by atoms with van der Waals surface area (Å²) < 4.78 is 5.80. The summed E-state index contributed by atoms with van der Waals surface area (Å²) in [4.78, 5) is 10.4. The minimum Gasteiger partial charge on any atom is -0.489 e. The molecule has 2 aromatic carbocycles. The first-order valence-corrected chi connectivity index (χ1v) is 6.73. The summed E-state index contributed by atoms with van der Waals surface area (Å²) in [6, 6.07) is 12.5. The normalized spacial score (nSPS) is 10.6. The highest BCUT2D eigenvalue weighted by Gasteiger charge is 2.13. The number of anilines is 1. The van der Waals surface area contributed by atoms with Gasteiger partial charge >= 0.3 is 0 Å². The Morgan fingerprint density at radius 1 is 1.24 bits per heavy atom. The molecule has 0 atom stereocenters. The van der Waals surface area contributed by atoms with Gasteiger partial charge < -0.3 is 10.5 Å². The predicted octanol–water partition coefficient (Wildman–Crippen LogP) is 3.88. The molecule has 110 valence electrons. The molecule has 0 radical (unpaired) electrons. The zero-order chi connectivity index (χ0) is 15.4. The minimum atomic E-state index is -0.485. The van der Waals surface area contributed by atoms with Gasteiger partial charge in [0.15, 0.2) is 0 Å². The molecule has 0 heterocycles. The Hall–Kier alpha value is -2.56. The zero-order valence-electron chi connectivity index (χ0n) is 12.1. The number of hydrogen-bond acceptors (Lipinski definition) is 4. The van der Waals surface area contributed by atoms with Crippen molar-refractivity contribution in [3.8, 4) is 5.75 Å². The largest absolute Gasteiger partial charge is 0.489 e. The molecule has 0 aromatic heterocycles. The van der Waals surface area contributed by atoms with Gasteiger partial charge in [0.25, 0.3) is 5.69 Å². The first-order chi connectivity index (χ1) is 9.99. The number of nitrogen functional groups attached to an aromatic ring is 1. The van der Waals surface area contributed by atoms with Crippen molar-refractivity contribution in [2.75, 3.05) is 5.73 Å². The van der Waals surface area contributed by atoms with Gasteiger partial charge in [-0.3, -0.25) is 10.1 Å². The lowest BCUT2D eigenvalue weighted by atomic mass is 10.0. The first kappa shape index (κ1) is 14.8. The van der Waals surface area contributed by atoms with Crippen LogP contribution < -0.4 is 10.5 Å². The summed E-state index contributed by atoms with van der Waals surface area (Å²) in [6.07, 6.45) is 0. The van der Waals surface area contributed by atoms with Crippen molar-refractivity contribution in [2.24, 2.45) is 0 Å². The average molecular weight is 286 g/mol. The quantitative estimate of drug-likeness (QED) is 0.514. The minimum absolute atomic E-state index is 0.0896. The highest BCUT2D eigenvalue weighted by Crippen LogP contribution is 2.28. The maximum absolute atomic E-state index is 10.9. The third kappa shape index (κ3) is 3.51. The second kappa shape index (κ2) is 6.26. The van der Waals surface area contributed by atoms with E-state index in [1.165, 1.54) is 12.1 Å². The van der Waals surface area contributed by atoms with E-state index in [4.69, 9.17) is 10.5 Å². The lowest BCUT2D eigenvalue weighted by Crippen LogP contribution is -2.02. The summed E-state index contributed by atoms with van der Waals surface area (Å²) >= 11 is 0. The number of nitrogens with zero attached hydrogens (tertiary/aromatic N) is 1. The first-order valence-electron chi connectivity index (χ1n) is 6.73. The molecule has 0 aliphatic rings. The molecule has 0 saturated heterocycles. The van der Waals surface area contributed by atoms with Crippen LogP contribution in [0.15, 0.2) is 42.5 Å². The maximum Gasteiger partial charge on any atom is 0.292 e. The molecular weight excluding hydrogens is 268 g/mol. The Labute approximate surface area is 123 Å². The molecule has 0 saturated carbocycles. The SMILES string of the molecule is CC(C)c1ccccc1OCc1ccc(N)c([N+](=O)[O-])c1. The van der Waals surface area contributed by atoms with E-state index in [0.717, 1.165) is 16.9 Å². The van der Waals surface area contributed by atoms with Crippen molar-refractivity contribution >= 4 is 11.4 Å². The van der Waals surface area contributed by atoms with Gasteiger partial charge in [0.05, 0.1) is 4.92 Å². The Morgan fingerprint density at radius 2 is 1.95 bits per heavy atom. The van der Waals surface area contributed by atoms with Gasteiger partial charge in [-0.25, -0.2) is 0 Å². The van der Waals surface area contributed by atoms with Gasteiger partial charge in [0, 0.05) is 6.07 Å². The number of para-hydroxylation sites is 1. The third-order valence-corrected chi connectivity index (χ3v) is 3.23. The number of rotatable bonds is 5. The van der Waals surface area contributed by atoms with Crippen LogP contribution in [-0.2, 0) is 6.61 Å². The molecule has 0 bridgehead atoms. The van der Waals surface area contributed by atoms with Gasteiger partial charge in [0.2, 0.25) is 0 Å². The van der Waals surface area contributed by atoms with E-state index in [9.17, 15) is 10.1 Å². The van der Waals surface area contributed by atoms with E-state index in [1.807, 2.05) is 24.3 Å². The monoisotopic (exact) mass is 286 g/mol. The van der Waals surface area contributed by atoms with Crippen LogP contribution in [0, 0.1) is 10.1 Å². The van der Waals surface area contributed by atoms with Crippen molar-refractivity contribution in [1.82, 2.24) is 0 Å². The van der Waals surface area contributed by atoms with Crippen LogP contribution in [-0.4, -0.2) is 4.92 Å². The van der Waals surface area contributed by atoms with Crippen LogP contribution in [0.2, 0.25) is 0 Å². The molecule has 0 aliphatic heterocycles. The smallest absolute Gasteiger partial charge is 0.292 e. The Kier molecular flexibility index (Phi) is 4.42. The van der Waals surface area contributed by atoms with E-state index in [1.54, 1.807) is 6.07 Å². The van der Waals surface area contributed by atoms with Crippen molar-refractivity contribution in [2.45, 2.75) is 26.4 Å². The molecule has 0 amide bonds. The average Bonchev–Trinajstić information content (AvgIpc) is 2.46. The molecular formula is C16H18N2O3. The highest BCUT2D eigenvalue weighted by atomic mass is 16.6. The molecule has 5 heteroatoms. The fourth-order valence-electron chi connectivity index (χ4n) is 2.09. The molecule has 21 heavy (non-hydrogen) atoms. The Morgan fingerprint density at radius 3 is 2.62 bits per heavy atom. The maximum atomic E-state index is 10.9. The second-order valence-corrected chi connectivity index (χ2v) is 5.13. The topological polar surface area (TPSA) is 78.4 Å². The van der Waals surface area contributed by atoms with E-state index in [0.29, 0.717) is 5.92 Å². The standard InChI is InChI=1S/C16H18N2O3/c1-11(2)13-5-3-4-6-16(13)21-10-12-7-8-14(17)15(9-12)18(19)20/h3-9,11H,10,17H2,1-2H3. The summed E-state index contributed by atoms with van der Waals surface area (Å²) in [5.41, 5.74) is 7.48. The van der Waals surface area contributed by atoms with Crippen molar-refractivity contribution in [1.29, 1.82) is 0 Å². The Balaban J connectivity index is 2.17. The van der Waals surface area contributed by atoms with E-state index in [-0.39, 0.29) is 18.0 Å². The summed E-state index contributed by atoms with van der Waals surface area (Å²) in [6.45, 7) is 4.46. The van der Waals surface area contributed by atoms with Crippen LogP contribution in [0.3, 0.4) is 0 Å². The lowest BCUT2D eigenvalue weighted by Gasteiger charge is -2.14.